The van der Waals surface area contributed by atoms with Gasteiger partial charge in [-0.05, 0) is 74.2 Å². The number of benzene rings is 4. The quantitative estimate of drug-likeness (QED) is 0.211. The van der Waals surface area contributed by atoms with Crippen molar-refractivity contribution in [2.24, 2.45) is 0 Å². The van der Waals surface area contributed by atoms with Crippen molar-refractivity contribution in [2.45, 2.75) is 38.5 Å². The van der Waals surface area contributed by atoms with Gasteiger partial charge in [-0.25, -0.2) is 9.97 Å². The van der Waals surface area contributed by atoms with E-state index < -0.39 is 0 Å². The van der Waals surface area contributed by atoms with Gasteiger partial charge in [0, 0.05) is 47.0 Å². The second kappa shape index (κ2) is 10.1. The van der Waals surface area contributed by atoms with Crippen LogP contribution in [0.5, 0.6) is 0 Å². The zero-order valence-electron chi connectivity index (χ0n) is 23.5. The molecule has 198 valence electrons. The average molecular weight is 523 g/mol. The molecule has 0 aliphatic carbocycles. The lowest BCUT2D eigenvalue weighted by Crippen LogP contribution is -2.24. The lowest BCUT2D eigenvalue weighted by Gasteiger charge is -2.27. The van der Waals surface area contributed by atoms with Gasteiger partial charge in [-0.2, -0.15) is 0 Å². The van der Waals surface area contributed by atoms with Gasteiger partial charge >= 0.3 is 0 Å². The first-order valence-electron chi connectivity index (χ1n) is 13.8. The first-order valence-corrected chi connectivity index (χ1v) is 13.8. The first kappa shape index (κ1) is 25.6. The molecular formula is C36H34N4. The highest BCUT2D eigenvalue weighted by atomic mass is 15.1. The molecule has 2 aromatic heterocycles. The fourth-order valence-corrected chi connectivity index (χ4v) is 5.56. The van der Waals surface area contributed by atoms with E-state index in [9.17, 15) is 0 Å². The number of hydrogen-bond donors (Lipinski definition) is 0. The molecule has 6 aromatic rings. The second-order valence-corrected chi connectivity index (χ2v) is 11.3. The van der Waals surface area contributed by atoms with Crippen LogP contribution in [0.25, 0.3) is 22.5 Å². The molecule has 0 spiro atoms. The summed E-state index contributed by atoms with van der Waals surface area (Å²) in [6.07, 6.45) is 7.86. The molecule has 4 aromatic carbocycles. The molecule has 40 heavy (non-hydrogen) atoms. The van der Waals surface area contributed by atoms with E-state index in [1.54, 1.807) is 0 Å². The van der Waals surface area contributed by atoms with Crippen molar-refractivity contribution in [3.63, 3.8) is 0 Å². The van der Waals surface area contributed by atoms with Crippen molar-refractivity contribution in [3.05, 3.63) is 157 Å². The zero-order valence-corrected chi connectivity index (χ0v) is 23.5. The van der Waals surface area contributed by atoms with Crippen LogP contribution in [0, 0.1) is 0 Å². The normalized spacial score (nSPS) is 12.0. The van der Waals surface area contributed by atoms with Gasteiger partial charge in [0.15, 0.2) is 0 Å². The maximum Gasteiger partial charge on any atom is 0.123 e. The van der Waals surface area contributed by atoms with Crippen LogP contribution in [0.1, 0.15) is 50.5 Å². The molecule has 0 fully saturated rings. The Morgan fingerprint density at radius 2 is 0.875 bits per heavy atom. The molecule has 4 heteroatoms. The third-order valence-electron chi connectivity index (χ3n) is 7.97. The van der Waals surface area contributed by atoms with Crippen molar-refractivity contribution < 1.29 is 0 Å². The summed E-state index contributed by atoms with van der Waals surface area (Å²) in [4.78, 5) is 9.61. The second-order valence-electron chi connectivity index (χ2n) is 11.3. The van der Waals surface area contributed by atoms with E-state index in [0.29, 0.717) is 0 Å². The summed E-state index contributed by atoms with van der Waals surface area (Å²) in [6, 6.07) is 38.5. The third-order valence-corrected chi connectivity index (χ3v) is 7.97. The first-order chi connectivity index (χ1) is 19.4. The Morgan fingerprint density at radius 3 is 1.27 bits per heavy atom. The molecule has 4 nitrogen and oxygen atoms in total. The lowest BCUT2D eigenvalue weighted by molar-refractivity contribution is 0.579. The predicted molar refractivity (Wildman–Crippen MR) is 163 cm³/mol. The Labute approximate surface area is 236 Å². The standard InChI is InChI=1S/C36H34N4/c1-35(2,33-37-21-23-39(33)31-17-7-5-8-18-31)29-15-11-13-27(25-29)28-14-12-16-30(26-28)36(3,4)34-38-22-24-40(34)32-19-9-6-10-20-32/h5-26H,1-4H3. The molecule has 0 bridgehead atoms. The average Bonchev–Trinajstić information content (AvgIpc) is 3.70. The highest BCUT2D eigenvalue weighted by Crippen LogP contribution is 2.37. The van der Waals surface area contributed by atoms with Gasteiger partial charge in [-0.1, -0.05) is 84.9 Å². The summed E-state index contributed by atoms with van der Waals surface area (Å²) in [7, 11) is 0. The summed E-state index contributed by atoms with van der Waals surface area (Å²) >= 11 is 0. The topological polar surface area (TPSA) is 35.6 Å². The van der Waals surface area contributed by atoms with E-state index in [2.05, 4.69) is 134 Å². The SMILES string of the molecule is CC(C)(c1cccc(-c2cccc(C(C)(C)c3nccn3-c3ccccc3)c2)c1)c1nccn1-c1ccccc1. The van der Waals surface area contributed by atoms with E-state index in [1.807, 2.05) is 36.9 Å². The van der Waals surface area contributed by atoms with Gasteiger partial charge in [0.2, 0.25) is 0 Å². The van der Waals surface area contributed by atoms with Crippen LogP contribution >= 0.6 is 0 Å². The number of aromatic nitrogens is 4. The number of imidazole rings is 2. The summed E-state index contributed by atoms with van der Waals surface area (Å²) in [6.45, 7) is 8.99. The molecule has 0 N–H and O–H groups in total. The molecule has 0 saturated heterocycles. The fraction of sp³-hybridized carbons (Fsp3) is 0.167. The maximum atomic E-state index is 4.80. The Kier molecular flexibility index (Phi) is 6.47. The summed E-state index contributed by atoms with van der Waals surface area (Å²) < 4.78 is 4.37. The van der Waals surface area contributed by atoms with E-state index in [0.717, 1.165) is 23.0 Å². The van der Waals surface area contributed by atoms with E-state index in [1.165, 1.54) is 22.3 Å². The van der Waals surface area contributed by atoms with Crippen molar-refractivity contribution >= 4 is 0 Å². The van der Waals surface area contributed by atoms with Gasteiger partial charge in [0.05, 0.1) is 0 Å². The lowest BCUT2D eigenvalue weighted by atomic mass is 9.80. The van der Waals surface area contributed by atoms with Crippen LogP contribution in [0.4, 0.5) is 0 Å². The van der Waals surface area contributed by atoms with Crippen LogP contribution in [-0.2, 0) is 10.8 Å². The van der Waals surface area contributed by atoms with Gasteiger partial charge in [0.25, 0.3) is 0 Å². The van der Waals surface area contributed by atoms with Crippen LogP contribution < -0.4 is 0 Å². The Balaban J connectivity index is 1.36. The Hall–Kier alpha value is -4.70. The highest BCUT2D eigenvalue weighted by Gasteiger charge is 2.30. The van der Waals surface area contributed by atoms with Gasteiger partial charge in [-0.3, -0.25) is 0 Å². The van der Waals surface area contributed by atoms with E-state index in [4.69, 9.17) is 9.97 Å². The van der Waals surface area contributed by atoms with Crippen LogP contribution in [0.15, 0.2) is 134 Å². The fourth-order valence-electron chi connectivity index (χ4n) is 5.56. The maximum absolute atomic E-state index is 4.80. The summed E-state index contributed by atoms with van der Waals surface area (Å²) in [5, 5.41) is 0. The number of para-hydroxylation sites is 2. The monoisotopic (exact) mass is 522 g/mol. The molecule has 0 atom stereocenters. The minimum atomic E-state index is -0.299. The van der Waals surface area contributed by atoms with Crippen LogP contribution in [0.2, 0.25) is 0 Å². The van der Waals surface area contributed by atoms with Crippen molar-refractivity contribution in [1.82, 2.24) is 19.1 Å². The third kappa shape index (κ3) is 4.56. The smallest absolute Gasteiger partial charge is 0.123 e. The molecular weight excluding hydrogens is 488 g/mol. The van der Waals surface area contributed by atoms with E-state index in [-0.39, 0.29) is 10.8 Å². The predicted octanol–water partition coefficient (Wildman–Crippen LogP) is 8.38. The van der Waals surface area contributed by atoms with Crippen LogP contribution in [-0.4, -0.2) is 19.1 Å². The Bertz CT molecular complexity index is 1610. The minimum absolute atomic E-state index is 0.299. The molecule has 0 aliphatic rings. The van der Waals surface area contributed by atoms with E-state index >= 15 is 0 Å². The molecule has 0 aliphatic heterocycles. The van der Waals surface area contributed by atoms with Gasteiger partial charge < -0.3 is 9.13 Å². The molecule has 0 radical (unpaired) electrons. The molecule has 2 heterocycles. The van der Waals surface area contributed by atoms with Crippen molar-refractivity contribution in [2.75, 3.05) is 0 Å². The summed E-state index contributed by atoms with van der Waals surface area (Å²) in [5.74, 6) is 2.02. The highest BCUT2D eigenvalue weighted by molar-refractivity contribution is 5.66. The van der Waals surface area contributed by atoms with Crippen LogP contribution in [0.3, 0.4) is 0 Å². The molecule has 0 unspecified atom stereocenters. The summed E-state index contributed by atoms with van der Waals surface area (Å²) in [5.41, 5.74) is 6.44. The Morgan fingerprint density at radius 1 is 0.475 bits per heavy atom. The number of hydrogen-bond acceptors (Lipinski definition) is 2. The van der Waals surface area contributed by atoms with Gasteiger partial charge in [-0.15, -0.1) is 0 Å². The molecule has 6 rings (SSSR count). The van der Waals surface area contributed by atoms with Gasteiger partial charge in [0.1, 0.15) is 11.6 Å². The zero-order chi connectivity index (χ0) is 27.7. The molecule has 0 amide bonds. The molecule has 0 saturated carbocycles. The van der Waals surface area contributed by atoms with Crippen molar-refractivity contribution in [1.29, 1.82) is 0 Å². The van der Waals surface area contributed by atoms with Crippen molar-refractivity contribution in [3.8, 4) is 22.5 Å². The largest absolute Gasteiger partial charge is 0.303 e. The number of rotatable bonds is 7. The minimum Gasteiger partial charge on any atom is -0.303 e. The number of nitrogens with zero attached hydrogens (tertiary/aromatic N) is 4.